The number of Topliss-reactive ketones (excluding diaryl/α,β-unsaturated/α-hetero) is 1. The van der Waals surface area contributed by atoms with E-state index in [9.17, 15) is 4.79 Å². The molecule has 7 nitrogen and oxygen atoms in total. The summed E-state index contributed by atoms with van der Waals surface area (Å²) in [5, 5.41) is 9.58. The van der Waals surface area contributed by atoms with Crippen LogP contribution in [0.5, 0.6) is 0 Å². The van der Waals surface area contributed by atoms with Gasteiger partial charge in [-0.05, 0) is 57.0 Å². The standard InChI is InChI=1S/C23H22N6OS/c1-15-12-19(16(2)28(15)21-7-3-4-11-25-21)20(30)14-31-23-27-26-22(29(23)18-8-9-18)17-6-5-10-24-13-17/h3-7,10-13,18H,8-9,14H2,1-2H3. The highest BCUT2D eigenvalue weighted by molar-refractivity contribution is 7.99. The van der Waals surface area contributed by atoms with Crippen LogP contribution in [0.1, 0.15) is 40.6 Å². The molecule has 156 valence electrons. The predicted molar refractivity (Wildman–Crippen MR) is 120 cm³/mol. The second-order valence-electron chi connectivity index (χ2n) is 7.67. The number of aromatic nitrogens is 6. The predicted octanol–water partition coefficient (Wildman–Crippen LogP) is 4.45. The van der Waals surface area contributed by atoms with Crippen LogP contribution in [0.3, 0.4) is 0 Å². The number of carbonyl (C=O) groups is 1. The van der Waals surface area contributed by atoms with Crippen molar-refractivity contribution in [1.29, 1.82) is 0 Å². The molecular formula is C23H22N6OS. The first kappa shape index (κ1) is 19.7. The number of carbonyl (C=O) groups excluding carboxylic acids is 1. The molecule has 0 unspecified atom stereocenters. The summed E-state index contributed by atoms with van der Waals surface area (Å²) in [6.07, 6.45) is 7.53. The topological polar surface area (TPSA) is 78.5 Å². The molecule has 0 aromatic carbocycles. The van der Waals surface area contributed by atoms with E-state index in [4.69, 9.17) is 0 Å². The van der Waals surface area contributed by atoms with Gasteiger partial charge < -0.3 is 4.57 Å². The second kappa shape index (κ2) is 8.11. The summed E-state index contributed by atoms with van der Waals surface area (Å²) in [6, 6.07) is 12.0. The van der Waals surface area contributed by atoms with Crippen molar-refractivity contribution >= 4 is 17.5 Å². The minimum atomic E-state index is 0.0774. The first-order valence-electron chi connectivity index (χ1n) is 10.2. The second-order valence-corrected chi connectivity index (χ2v) is 8.61. The molecule has 5 rings (SSSR count). The summed E-state index contributed by atoms with van der Waals surface area (Å²) < 4.78 is 4.18. The fourth-order valence-electron chi connectivity index (χ4n) is 3.82. The van der Waals surface area contributed by atoms with Crippen molar-refractivity contribution in [3.8, 4) is 17.2 Å². The lowest BCUT2D eigenvalue weighted by Gasteiger charge is -2.09. The maximum Gasteiger partial charge on any atom is 0.192 e. The summed E-state index contributed by atoms with van der Waals surface area (Å²) in [5.74, 6) is 2.02. The van der Waals surface area contributed by atoms with E-state index in [1.165, 1.54) is 11.8 Å². The highest BCUT2D eigenvalue weighted by Gasteiger charge is 2.30. The summed E-state index contributed by atoms with van der Waals surface area (Å²) in [6.45, 7) is 3.96. The zero-order chi connectivity index (χ0) is 21.4. The van der Waals surface area contributed by atoms with Gasteiger partial charge in [0.2, 0.25) is 0 Å². The van der Waals surface area contributed by atoms with E-state index >= 15 is 0 Å². The third-order valence-corrected chi connectivity index (χ3v) is 6.38. The SMILES string of the molecule is Cc1cc(C(=O)CSc2nnc(-c3cccnc3)n2C2CC2)c(C)n1-c1ccccn1. The molecule has 31 heavy (non-hydrogen) atoms. The number of nitrogens with zero attached hydrogens (tertiary/aromatic N) is 6. The van der Waals surface area contributed by atoms with Crippen molar-refractivity contribution < 1.29 is 4.79 Å². The Labute approximate surface area is 184 Å². The number of hydrogen-bond donors (Lipinski definition) is 0. The number of hydrogen-bond acceptors (Lipinski definition) is 6. The van der Waals surface area contributed by atoms with Crippen LogP contribution in [0.25, 0.3) is 17.2 Å². The van der Waals surface area contributed by atoms with Crippen LogP contribution >= 0.6 is 11.8 Å². The van der Waals surface area contributed by atoms with Crippen LogP contribution in [0.4, 0.5) is 0 Å². The first-order valence-corrected chi connectivity index (χ1v) is 11.2. The third-order valence-electron chi connectivity index (χ3n) is 5.44. The number of pyridine rings is 2. The van der Waals surface area contributed by atoms with E-state index in [1.54, 1.807) is 18.6 Å². The van der Waals surface area contributed by atoms with Gasteiger partial charge >= 0.3 is 0 Å². The molecule has 0 spiro atoms. The maximum atomic E-state index is 13.1. The summed E-state index contributed by atoms with van der Waals surface area (Å²) in [4.78, 5) is 21.7. The van der Waals surface area contributed by atoms with Gasteiger partial charge in [-0.25, -0.2) is 4.98 Å². The Kier molecular flexibility index (Phi) is 5.15. The lowest BCUT2D eigenvalue weighted by Crippen LogP contribution is -2.07. The van der Waals surface area contributed by atoms with Gasteiger partial charge in [0.25, 0.3) is 0 Å². The Morgan fingerprint density at radius 2 is 2.00 bits per heavy atom. The van der Waals surface area contributed by atoms with Crippen LogP contribution < -0.4 is 0 Å². The molecule has 1 aliphatic rings. The summed E-state index contributed by atoms with van der Waals surface area (Å²) in [5.41, 5.74) is 3.56. The van der Waals surface area contributed by atoms with Gasteiger partial charge in [0.1, 0.15) is 5.82 Å². The van der Waals surface area contributed by atoms with Gasteiger partial charge in [0, 0.05) is 47.1 Å². The summed E-state index contributed by atoms with van der Waals surface area (Å²) >= 11 is 1.45. The Morgan fingerprint density at radius 3 is 2.71 bits per heavy atom. The van der Waals surface area contributed by atoms with Gasteiger partial charge in [-0.3, -0.25) is 14.3 Å². The van der Waals surface area contributed by atoms with Gasteiger partial charge in [-0.2, -0.15) is 0 Å². The van der Waals surface area contributed by atoms with Crippen LogP contribution in [0.2, 0.25) is 0 Å². The Hall–Kier alpha value is -3.26. The van der Waals surface area contributed by atoms with Gasteiger partial charge in [-0.1, -0.05) is 17.8 Å². The monoisotopic (exact) mass is 430 g/mol. The zero-order valence-electron chi connectivity index (χ0n) is 17.4. The van der Waals surface area contributed by atoms with Gasteiger partial charge in [-0.15, -0.1) is 10.2 Å². The van der Waals surface area contributed by atoms with E-state index in [0.717, 1.165) is 52.2 Å². The molecule has 0 atom stereocenters. The van der Waals surface area contributed by atoms with Crippen molar-refractivity contribution in [2.24, 2.45) is 0 Å². The highest BCUT2D eigenvalue weighted by Crippen LogP contribution is 2.41. The van der Waals surface area contributed by atoms with Crippen LogP contribution in [0.15, 0.2) is 60.1 Å². The lowest BCUT2D eigenvalue weighted by molar-refractivity contribution is 0.102. The Bertz CT molecular complexity index is 1230. The third kappa shape index (κ3) is 3.79. The van der Waals surface area contributed by atoms with E-state index in [1.807, 2.05) is 54.8 Å². The zero-order valence-corrected chi connectivity index (χ0v) is 18.2. The molecule has 0 saturated heterocycles. The number of rotatable bonds is 7. The van der Waals surface area contributed by atoms with Crippen LogP contribution in [-0.2, 0) is 0 Å². The number of aryl methyl sites for hydroxylation is 1. The molecule has 0 amide bonds. The normalized spacial score (nSPS) is 13.5. The average Bonchev–Trinajstić information content (AvgIpc) is 3.48. The Balaban J connectivity index is 1.38. The van der Waals surface area contributed by atoms with E-state index in [0.29, 0.717) is 11.8 Å². The quantitative estimate of drug-likeness (QED) is 0.318. The van der Waals surface area contributed by atoms with Crippen molar-refractivity contribution in [3.63, 3.8) is 0 Å². The lowest BCUT2D eigenvalue weighted by atomic mass is 10.2. The van der Waals surface area contributed by atoms with Crippen LogP contribution in [0, 0.1) is 13.8 Å². The summed E-state index contributed by atoms with van der Waals surface area (Å²) in [7, 11) is 0. The largest absolute Gasteiger partial charge is 0.302 e. The molecule has 4 heterocycles. The van der Waals surface area contributed by atoms with Gasteiger partial charge in [0.05, 0.1) is 5.75 Å². The van der Waals surface area contributed by atoms with Crippen molar-refractivity contribution in [2.75, 3.05) is 5.75 Å². The molecule has 0 radical (unpaired) electrons. The molecule has 0 N–H and O–H groups in total. The number of thioether (sulfide) groups is 1. The highest BCUT2D eigenvalue weighted by atomic mass is 32.2. The smallest absolute Gasteiger partial charge is 0.192 e. The van der Waals surface area contributed by atoms with E-state index in [-0.39, 0.29) is 5.78 Å². The minimum Gasteiger partial charge on any atom is -0.302 e. The molecule has 1 saturated carbocycles. The Morgan fingerprint density at radius 1 is 1.13 bits per heavy atom. The van der Waals surface area contributed by atoms with Crippen molar-refractivity contribution in [3.05, 3.63) is 71.9 Å². The minimum absolute atomic E-state index is 0.0774. The molecule has 0 bridgehead atoms. The molecule has 4 aromatic rings. The van der Waals surface area contributed by atoms with Crippen molar-refractivity contribution in [2.45, 2.75) is 37.9 Å². The van der Waals surface area contributed by atoms with Crippen LogP contribution in [-0.4, -0.2) is 40.8 Å². The fourth-order valence-corrected chi connectivity index (χ4v) is 4.71. The molecule has 8 heteroatoms. The molecular weight excluding hydrogens is 408 g/mol. The molecule has 0 aliphatic heterocycles. The van der Waals surface area contributed by atoms with E-state index < -0.39 is 0 Å². The maximum absolute atomic E-state index is 13.1. The molecule has 4 aromatic heterocycles. The molecule has 1 fully saturated rings. The molecule has 1 aliphatic carbocycles. The average molecular weight is 431 g/mol. The number of ketones is 1. The van der Waals surface area contributed by atoms with E-state index in [2.05, 4.69) is 24.7 Å². The van der Waals surface area contributed by atoms with Gasteiger partial charge in [0.15, 0.2) is 16.8 Å². The fraction of sp³-hybridized carbons (Fsp3) is 0.261. The first-order chi connectivity index (χ1) is 15.1. The van der Waals surface area contributed by atoms with Crippen molar-refractivity contribution in [1.82, 2.24) is 29.3 Å².